The minimum absolute atomic E-state index is 0.0978. The van der Waals surface area contributed by atoms with E-state index >= 15 is 0 Å². The first kappa shape index (κ1) is 21.0. The molecule has 10 heteroatoms. The Kier molecular flexibility index (Phi) is 5.75. The number of benzene rings is 2. The van der Waals surface area contributed by atoms with E-state index in [9.17, 15) is 18.0 Å². The molecule has 0 fully saturated rings. The third kappa shape index (κ3) is 4.75. The molecule has 0 radical (unpaired) electrons. The molecule has 3 N–H and O–H groups in total. The maximum Gasteiger partial charge on any atom is 0.272 e. The smallest absolute Gasteiger partial charge is 0.272 e. The fourth-order valence-corrected chi connectivity index (χ4v) is 4.12. The average molecular weight is 442 g/mol. The molecule has 1 aliphatic rings. The number of amides is 1. The largest absolute Gasteiger partial charge is 0.492 e. The molecule has 1 aliphatic heterocycles. The zero-order valence-corrected chi connectivity index (χ0v) is 17.7. The quantitative estimate of drug-likeness (QED) is 0.463. The standard InChI is InChI=1S/C21H22N4O5S/c1-31(28,29)23-8-7-22-20(26)17-11-13(10-14-6-9-30-19(14)17)12-18-15-4-2-3-5-16(15)21(27)25-24-18/h2-5,10-11,23H,6-9,12H2,1H3,(H,22,26)(H,25,27). The van der Waals surface area contributed by atoms with Crippen molar-refractivity contribution in [3.05, 3.63) is 69.1 Å². The van der Waals surface area contributed by atoms with E-state index in [1.165, 1.54) is 0 Å². The van der Waals surface area contributed by atoms with Crippen LogP contribution in [-0.2, 0) is 22.9 Å². The van der Waals surface area contributed by atoms with Crippen LogP contribution in [0.2, 0.25) is 0 Å². The first-order chi connectivity index (χ1) is 14.8. The van der Waals surface area contributed by atoms with E-state index in [0.29, 0.717) is 41.8 Å². The molecule has 0 unspecified atom stereocenters. The van der Waals surface area contributed by atoms with Crippen molar-refractivity contribution in [2.75, 3.05) is 26.0 Å². The lowest BCUT2D eigenvalue weighted by molar-refractivity contribution is 0.0951. The van der Waals surface area contributed by atoms with Gasteiger partial charge in [0.15, 0.2) is 0 Å². The van der Waals surface area contributed by atoms with Gasteiger partial charge in [-0.1, -0.05) is 24.3 Å². The first-order valence-electron chi connectivity index (χ1n) is 9.79. The van der Waals surface area contributed by atoms with Gasteiger partial charge in [-0.05, 0) is 23.3 Å². The topological polar surface area (TPSA) is 130 Å². The maximum absolute atomic E-state index is 12.8. The molecular weight excluding hydrogens is 420 g/mol. The number of carbonyl (C=O) groups is 1. The van der Waals surface area contributed by atoms with Crippen molar-refractivity contribution in [3.8, 4) is 5.75 Å². The second kappa shape index (κ2) is 8.48. The number of nitrogens with zero attached hydrogens (tertiary/aromatic N) is 1. The van der Waals surface area contributed by atoms with Gasteiger partial charge in [-0.25, -0.2) is 18.2 Å². The van der Waals surface area contributed by atoms with Crippen LogP contribution in [0.5, 0.6) is 5.75 Å². The van der Waals surface area contributed by atoms with Gasteiger partial charge < -0.3 is 10.1 Å². The summed E-state index contributed by atoms with van der Waals surface area (Å²) in [5.74, 6) is 0.214. The molecule has 9 nitrogen and oxygen atoms in total. The van der Waals surface area contributed by atoms with Gasteiger partial charge in [0, 0.05) is 31.3 Å². The fourth-order valence-electron chi connectivity index (χ4n) is 3.65. The molecule has 1 aromatic heterocycles. The van der Waals surface area contributed by atoms with Crippen LogP contribution in [-0.4, -0.2) is 50.5 Å². The van der Waals surface area contributed by atoms with Crippen molar-refractivity contribution >= 4 is 26.7 Å². The van der Waals surface area contributed by atoms with Crippen LogP contribution >= 0.6 is 0 Å². The molecule has 0 saturated carbocycles. The van der Waals surface area contributed by atoms with Crippen molar-refractivity contribution < 1.29 is 17.9 Å². The molecule has 4 rings (SSSR count). The van der Waals surface area contributed by atoms with Crippen LogP contribution in [0.4, 0.5) is 0 Å². The number of hydrogen-bond donors (Lipinski definition) is 3. The third-order valence-corrected chi connectivity index (χ3v) is 5.74. The highest BCUT2D eigenvalue weighted by atomic mass is 32.2. The Labute approximate surface area is 178 Å². The molecule has 0 spiro atoms. The van der Waals surface area contributed by atoms with Gasteiger partial charge in [-0.15, -0.1) is 0 Å². The molecule has 2 aromatic carbocycles. The first-order valence-corrected chi connectivity index (χ1v) is 11.7. The second-order valence-corrected chi connectivity index (χ2v) is 9.21. The number of fused-ring (bicyclic) bond motifs is 2. The number of aromatic amines is 1. The summed E-state index contributed by atoms with van der Waals surface area (Å²) in [7, 11) is -3.32. The summed E-state index contributed by atoms with van der Waals surface area (Å²) in [6.45, 7) is 0.742. The molecule has 31 heavy (non-hydrogen) atoms. The highest BCUT2D eigenvalue weighted by molar-refractivity contribution is 7.88. The van der Waals surface area contributed by atoms with Crippen LogP contribution < -0.4 is 20.3 Å². The number of hydrogen-bond acceptors (Lipinski definition) is 6. The molecule has 0 atom stereocenters. The Bertz CT molecular complexity index is 1320. The number of carbonyl (C=O) groups excluding carboxylic acids is 1. The SMILES string of the molecule is CS(=O)(=O)NCCNC(=O)c1cc(Cc2n[nH]c(=O)c3ccccc23)cc2c1OCC2. The molecular formula is C21H22N4O5S. The second-order valence-electron chi connectivity index (χ2n) is 7.37. The Morgan fingerprint density at radius 1 is 1.19 bits per heavy atom. The average Bonchev–Trinajstić information content (AvgIpc) is 3.20. The van der Waals surface area contributed by atoms with Crippen LogP contribution in [0, 0.1) is 0 Å². The van der Waals surface area contributed by atoms with E-state index in [2.05, 4.69) is 20.2 Å². The molecule has 0 saturated heterocycles. The Morgan fingerprint density at radius 3 is 2.74 bits per heavy atom. The van der Waals surface area contributed by atoms with Gasteiger partial charge in [-0.3, -0.25) is 9.59 Å². The zero-order valence-electron chi connectivity index (χ0n) is 16.9. The minimum atomic E-state index is -3.32. The van der Waals surface area contributed by atoms with Gasteiger partial charge >= 0.3 is 0 Å². The molecule has 3 aromatic rings. The van der Waals surface area contributed by atoms with Gasteiger partial charge in [0.2, 0.25) is 10.0 Å². The van der Waals surface area contributed by atoms with Gasteiger partial charge in [0.1, 0.15) is 5.75 Å². The minimum Gasteiger partial charge on any atom is -0.492 e. The monoisotopic (exact) mass is 442 g/mol. The number of ether oxygens (including phenoxy) is 1. The number of nitrogens with one attached hydrogen (secondary N) is 3. The van der Waals surface area contributed by atoms with Crippen molar-refractivity contribution in [1.82, 2.24) is 20.2 Å². The summed E-state index contributed by atoms with van der Waals surface area (Å²) in [5.41, 5.74) is 2.67. The van der Waals surface area contributed by atoms with Crippen molar-refractivity contribution in [2.24, 2.45) is 0 Å². The van der Waals surface area contributed by atoms with E-state index in [0.717, 1.165) is 22.8 Å². The Balaban J connectivity index is 1.60. The van der Waals surface area contributed by atoms with Crippen LogP contribution in [0.1, 0.15) is 27.2 Å². The van der Waals surface area contributed by atoms with Gasteiger partial charge in [0.05, 0.1) is 29.5 Å². The molecule has 2 heterocycles. The predicted octanol–water partition coefficient (Wildman–Crippen LogP) is 0.728. The number of aromatic nitrogens is 2. The van der Waals surface area contributed by atoms with E-state index in [1.54, 1.807) is 18.2 Å². The lowest BCUT2D eigenvalue weighted by Gasteiger charge is -2.12. The lowest BCUT2D eigenvalue weighted by Crippen LogP contribution is -2.34. The van der Waals surface area contributed by atoms with Crippen LogP contribution in [0.3, 0.4) is 0 Å². The summed E-state index contributed by atoms with van der Waals surface area (Å²) in [6, 6.07) is 11.0. The maximum atomic E-state index is 12.8. The van der Waals surface area contributed by atoms with Gasteiger partial charge in [-0.2, -0.15) is 5.10 Å². The predicted molar refractivity (Wildman–Crippen MR) is 116 cm³/mol. The molecule has 1 amide bonds. The third-order valence-electron chi connectivity index (χ3n) is 5.01. The normalized spacial score (nSPS) is 13.1. The number of sulfonamides is 1. The Hall–Kier alpha value is -3.24. The van der Waals surface area contributed by atoms with E-state index in [4.69, 9.17) is 4.74 Å². The number of rotatable bonds is 7. The van der Waals surface area contributed by atoms with Gasteiger partial charge in [0.25, 0.3) is 11.5 Å². The van der Waals surface area contributed by atoms with E-state index in [-0.39, 0.29) is 24.6 Å². The van der Waals surface area contributed by atoms with Crippen molar-refractivity contribution in [3.63, 3.8) is 0 Å². The summed E-state index contributed by atoms with van der Waals surface area (Å²) in [4.78, 5) is 24.8. The molecule has 162 valence electrons. The summed E-state index contributed by atoms with van der Waals surface area (Å²) in [6.07, 6.45) is 2.19. The number of H-pyrrole nitrogens is 1. The summed E-state index contributed by atoms with van der Waals surface area (Å²) >= 11 is 0. The zero-order chi connectivity index (χ0) is 22.0. The summed E-state index contributed by atoms with van der Waals surface area (Å²) in [5, 5.41) is 10.8. The van der Waals surface area contributed by atoms with Crippen LogP contribution in [0.25, 0.3) is 10.8 Å². The highest BCUT2D eigenvalue weighted by Gasteiger charge is 2.22. The van der Waals surface area contributed by atoms with E-state index < -0.39 is 10.0 Å². The summed E-state index contributed by atoms with van der Waals surface area (Å²) < 4.78 is 30.3. The Morgan fingerprint density at radius 2 is 1.97 bits per heavy atom. The molecule has 0 aliphatic carbocycles. The molecule has 0 bridgehead atoms. The fraction of sp³-hybridized carbons (Fsp3) is 0.286. The van der Waals surface area contributed by atoms with E-state index in [1.807, 2.05) is 18.2 Å². The van der Waals surface area contributed by atoms with Crippen molar-refractivity contribution in [1.29, 1.82) is 0 Å². The lowest BCUT2D eigenvalue weighted by atomic mass is 9.98. The van der Waals surface area contributed by atoms with Crippen LogP contribution in [0.15, 0.2) is 41.2 Å². The van der Waals surface area contributed by atoms with Crippen molar-refractivity contribution in [2.45, 2.75) is 12.8 Å². The highest BCUT2D eigenvalue weighted by Crippen LogP contribution is 2.32.